The first-order valence-electron chi connectivity index (χ1n) is 8.17. The van der Waals surface area contributed by atoms with E-state index in [1.807, 2.05) is 6.07 Å². The van der Waals surface area contributed by atoms with E-state index in [2.05, 4.69) is 11.1 Å². The molecule has 3 nitrogen and oxygen atoms in total. The molecule has 1 aliphatic rings. The number of halogens is 2. The molecule has 0 saturated carbocycles. The summed E-state index contributed by atoms with van der Waals surface area (Å²) in [7, 11) is 0. The van der Waals surface area contributed by atoms with Gasteiger partial charge in [0.2, 0.25) is 0 Å². The van der Waals surface area contributed by atoms with Crippen molar-refractivity contribution in [2.24, 2.45) is 0 Å². The van der Waals surface area contributed by atoms with Crippen LogP contribution < -0.4 is 0 Å². The van der Waals surface area contributed by atoms with E-state index in [0.717, 1.165) is 6.08 Å². The zero-order valence-corrected chi connectivity index (χ0v) is 16.3. The second-order valence-electron chi connectivity index (χ2n) is 6.22. The summed E-state index contributed by atoms with van der Waals surface area (Å²) in [6, 6.07) is 13.7. The van der Waals surface area contributed by atoms with Crippen LogP contribution in [0.15, 0.2) is 48.2 Å². The fourth-order valence-electron chi connectivity index (χ4n) is 2.89. The van der Waals surface area contributed by atoms with Crippen molar-refractivity contribution in [1.29, 1.82) is 0 Å². The number of aliphatic hydroxyl groups excluding tert-OH is 1. The summed E-state index contributed by atoms with van der Waals surface area (Å²) < 4.78 is 28.3. The Balaban J connectivity index is 0.00000243. The summed E-state index contributed by atoms with van der Waals surface area (Å²) in [4.78, 5) is 16.2. The first-order valence-corrected chi connectivity index (χ1v) is 8.17. The monoisotopic (exact) mass is 535 g/mol. The second-order valence-corrected chi connectivity index (χ2v) is 6.22. The molecule has 0 amide bonds. The Kier molecular flexibility index (Phi) is 7.18. The minimum Gasteiger partial charge on any atom is -0.512 e. The zero-order valence-electron chi connectivity index (χ0n) is 13.9. The van der Waals surface area contributed by atoms with Gasteiger partial charge in [-0.2, -0.15) is 0 Å². The van der Waals surface area contributed by atoms with E-state index in [-0.39, 0.29) is 51.5 Å². The van der Waals surface area contributed by atoms with Gasteiger partial charge in [-0.05, 0) is 18.2 Å². The summed E-state index contributed by atoms with van der Waals surface area (Å²) in [5.74, 6) is -0.926. The predicted octanol–water partition coefficient (Wildman–Crippen LogP) is 4.11. The second kappa shape index (κ2) is 9.15. The number of carbonyl (C=O) groups is 1. The number of carbonyl (C=O) groups excluding carboxylic acids is 1. The first-order chi connectivity index (χ1) is 12.0. The number of ketones is 1. The molecule has 0 fully saturated rings. The van der Waals surface area contributed by atoms with Gasteiger partial charge >= 0.3 is 0 Å². The zero-order chi connectivity index (χ0) is 17.8. The third-order valence-corrected chi connectivity index (χ3v) is 3.99. The van der Waals surface area contributed by atoms with Crippen LogP contribution in [-0.2, 0) is 37.7 Å². The van der Waals surface area contributed by atoms with Crippen LogP contribution in [0.5, 0.6) is 0 Å². The van der Waals surface area contributed by atoms with Crippen LogP contribution in [0.2, 0.25) is 0 Å². The predicted molar refractivity (Wildman–Crippen MR) is 90.7 cm³/mol. The molecular weight excluding hydrogens is 516 g/mol. The molecule has 0 spiro atoms. The maximum absolute atomic E-state index is 14.2. The molecule has 6 heteroatoms. The van der Waals surface area contributed by atoms with Crippen molar-refractivity contribution in [1.82, 2.24) is 4.98 Å². The quantitative estimate of drug-likeness (QED) is 0.518. The van der Waals surface area contributed by atoms with E-state index in [0.29, 0.717) is 22.5 Å². The number of aliphatic hydroxyl groups is 1. The molecule has 0 aliphatic carbocycles. The van der Waals surface area contributed by atoms with Crippen molar-refractivity contribution in [3.8, 4) is 11.3 Å². The Morgan fingerprint density at radius 3 is 2.54 bits per heavy atom. The molecule has 1 aromatic carbocycles. The van der Waals surface area contributed by atoms with Gasteiger partial charge in [-0.15, -0.1) is 35.4 Å². The molecule has 3 rings (SSSR count). The molecule has 139 valence electrons. The van der Waals surface area contributed by atoms with Gasteiger partial charge in [0.15, 0.2) is 5.78 Å². The van der Waals surface area contributed by atoms with E-state index in [4.69, 9.17) is 0 Å². The average Bonchev–Trinajstić information content (AvgIpc) is 2.53. The molecular formula is C20H18F2IrNO2-. The van der Waals surface area contributed by atoms with Gasteiger partial charge in [0.25, 0.3) is 0 Å². The Morgan fingerprint density at radius 2 is 1.73 bits per heavy atom. The van der Waals surface area contributed by atoms with Gasteiger partial charge in [0, 0.05) is 51.1 Å². The largest absolute Gasteiger partial charge is 0.512 e. The average molecular weight is 535 g/mol. The Hall–Kier alpha value is -1.91. The number of hydrogen-bond acceptors (Lipinski definition) is 3. The normalized spacial score (nSPS) is 23.0. The summed E-state index contributed by atoms with van der Waals surface area (Å²) in [6.45, 7) is 0. The van der Waals surface area contributed by atoms with E-state index >= 15 is 0 Å². The standard InChI is InChI=1S/C20H18F2NO2.Ir/c21-15-8-13-3-1-4-14(7-13)20-6-2-5-17(23-20)9-16(22)11-19(25)12-18(24)10-15;/h1-6,12,15-16,25H,8-11H2;/q-1;/b19-12-;. The first kappa shape index (κ1) is 20.4. The Morgan fingerprint density at radius 1 is 1.00 bits per heavy atom. The van der Waals surface area contributed by atoms with Crippen LogP contribution in [0, 0.1) is 6.07 Å². The molecule has 1 aliphatic heterocycles. The summed E-state index contributed by atoms with van der Waals surface area (Å²) in [6.07, 6.45) is -2.45. The van der Waals surface area contributed by atoms with Crippen LogP contribution >= 0.6 is 0 Å². The van der Waals surface area contributed by atoms with Crippen molar-refractivity contribution in [2.75, 3.05) is 0 Å². The van der Waals surface area contributed by atoms with Crippen LogP contribution in [0.1, 0.15) is 24.1 Å². The van der Waals surface area contributed by atoms with Crippen molar-refractivity contribution in [3.63, 3.8) is 0 Å². The van der Waals surface area contributed by atoms with E-state index < -0.39 is 18.1 Å². The van der Waals surface area contributed by atoms with Gasteiger partial charge in [-0.3, -0.25) is 4.79 Å². The molecule has 26 heavy (non-hydrogen) atoms. The number of allylic oxidation sites excluding steroid dienone is 2. The number of pyridine rings is 1. The number of alkyl halides is 2. The van der Waals surface area contributed by atoms with Gasteiger partial charge < -0.3 is 10.1 Å². The number of hydrogen-bond donors (Lipinski definition) is 1. The molecule has 4 bridgehead atoms. The summed E-state index contributed by atoms with van der Waals surface area (Å²) >= 11 is 0. The fraction of sp³-hybridized carbons (Fsp3) is 0.300. The van der Waals surface area contributed by atoms with E-state index in [1.165, 1.54) is 0 Å². The van der Waals surface area contributed by atoms with Gasteiger partial charge in [-0.1, -0.05) is 12.1 Å². The van der Waals surface area contributed by atoms with Crippen LogP contribution in [0.3, 0.4) is 0 Å². The molecule has 1 N–H and O–H groups in total. The maximum atomic E-state index is 14.2. The summed E-state index contributed by atoms with van der Waals surface area (Å²) in [5.41, 5.74) is 2.51. The topological polar surface area (TPSA) is 50.2 Å². The number of aromatic nitrogens is 1. The molecule has 2 unspecified atom stereocenters. The third-order valence-electron chi connectivity index (χ3n) is 3.99. The Labute approximate surface area is 164 Å². The maximum Gasteiger partial charge on any atom is 0.161 e. The van der Waals surface area contributed by atoms with Crippen LogP contribution in [0.25, 0.3) is 11.3 Å². The minimum absolute atomic E-state index is 0. The summed E-state index contributed by atoms with van der Waals surface area (Å²) in [5, 5.41) is 9.75. The van der Waals surface area contributed by atoms with Crippen molar-refractivity contribution in [2.45, 2.75) is 38.0 Å². The number of fused-ring (bicyclic) bond motifs is 5. The molecule has 0 saturated heterocycles. The molecule has 2 atom stereocenters. The molecule has 2 heterocycles. The van der Waals surface area contributed by atoms with Crippen molar-refractivity contribution < 1.29 is 38.8 Å². The molecule has 1 aromatic heterocycles. The number of nitrogens with zero attached hydrogens (tertiary/aromatic N) is 1. The molecule has 1 radical (unpaired) electrons. The van der Waals surface area contributed by atoms with Crippen molar-refractivity contribution in [3.05, 3.63) is 65.6 Å². The van der Waals surface area contributed by atoms with Gasteiger partial charge in [-0.25, -0.2) is 8.78 Å². The number of rotatable bonds is 0. The molecule has 2 aromatic rings. The third kappa shape index (κ3) is 5.55. The Bertz CT molecular complexity index is 810. The fourth-order valence-corrected chi connectivity index (χ4v) is 2.89. The van der Waals surface area contributed by atoms with E-state index in [9.17, 15) is 18.7 Å². The van der Waals surface area contributed by atoms with Crippen LogP contribution in [-0.4, -0.2) is 28.2 Å². The number of benzene rings is 1. The minimum atomic E-state index is -1.39. The SMILES string of the molecule is O=C1/C=C(\O)CC(F)Cc2cccc(n2)-c2[c-]c(ccc2)CC(F)C1.[Ir]. The smallest absolute Gasteiger partial charge is 0.161 e. The van der Waals surface area contributed by atoms with Gasteiger partial charge in [0.05, 0.1) is 5.76 Å². The van der Waals surface area contributed by atoms with Gasteiger partial charge in [0.1, 0.15) is 12.3 Å². The van der Waals surface area contributed by atoms with Crippen LogP contribution in [0.4, 0.5) is 8.78 Å². The van der Waals surface area contributed by atoms with Crippen molar-refractivity contribution >= 4 is 5.78 Å². The van der Waals surface area contributed by atoms with E-state index in [1.54, 1.807) is 30.3 Å².